The molecule has 6 nitrogen and oxygen atoms in total. The Balaban J connectivity index is 0.00000450. The van der Waals surface area contributed by atoms with Gasteiger partial charge in [0.25, 0.3) is 0 Å². The molecule has 30 heavy (non-hydrogen) atoms. The first kappa shape index (κ1) is 24.6. The number of ether oxygens (including phenoxy) is 1. The summed E-state index contributed by atoms with van der Waals surface area (Å²) in [5.41, 5.74) is 0.722. The lowest BCUT2D eigenvalue weighted by Crippen LogP contribution is -2.19. The molecule has 0 spiro atoms. The van der Waals surface area contributed by atoms with Crippen molar-refractivity contribution in [3.05, 3.63) is 70.8 Å². The van der Waals surface area contributed by atoms with Gasteiger partial charge in [0.2, 0.25) is 0 Å². The van der Waals surface area contributed by atoms with E-state index in [1.165, 1.54) is 33.3 Å². The molecule has 0 heterocycles. The molecule has 162 valence electrons. The molecule has 0 amide bonds. The van der Waals surface area contributed by atoms with E-state index in [1.807, 2.05) is 0 Å². The van der Waals surface area contributed by atoms with E-state index in [9.17, 15) is 18.0 Å². The fourth-order valence-electron chi connectivity index (χ4n) is 2.43. The fraction of sp³-hybridized carbons (Fsp3) is 0.250. The van der Waals surface area contributed by atoms with Gasteiger partial charge in [0.1, 0.15) is 13.7 Å². The number of rotatable bonds is 7. The summed E-state index contributed by atoms with van der Waals surface area (Å²) in [7, 11) is 2.51. The third kappa shape index (κ3) is 6.29. The Morgan fingerprint density at radius 2 is 1.73 bits per heavy atom. The Bertz CT molecular complexity index is 927. The van der Waals surface area contributed by atoms with Crippen molar-refractivity contribution in [1.82, 2.24) is 0 Å². The van der Waals surface area contributed by atoms with Crippen LogP contribution >= 0.6 is 0 Å². The molecule has 0 aliphatic heterocycles. The summed E-state index contributed by atoms with van der Waals surface area (Å²) in [5, 5.41) is 7.58. The lowest BCUT2D eigenvalue weighted by molar-refractivity contribution is -0.137. The van der Waals surface area contributed by atoms with Crippen LogP contribution in [0.5, 0.6) is 0 Å². The second-order valence-electron chi connectivity index (χ2n) is 5.80. The molecular weight excluding hydrogens is 408 g/mol. The summed E-state index contributed by atoms with van der Waals surface area (Å²) in [6.45, 7) is 1.49. The van der Waals surface area contributed by atoms with Crippen LogP contribution in [0.15, 0.2) is 58.8 Å². The minimum Gasteiger partial charge on any atom is -0.464 e. The van der Waals surface area contributed by atoms with Crippen LogP contribution in [0.4, 0.5) is 17.9 Å². The highest BCUT2D eigenvalue weighted by Crippen LogP contribution is 2.29. The Hall–Kier alpha value is -3.43. The minimum absolute atomic E-state index is 0. The SMILES string of the molecule is CO/N=C(/C(=O)OC)c1ccccc1CO/N=C(\C)c1cccc(C(F)(F)F)c1.F. The van der Waals surface area contributed by atoms with Gasteiger partial charge in [0.15, 0.2) is 5.71 Å². The van der Waals surface area contributed by atoms with Gasteiger partial charge in [-0.3, -0.25) is 4.70 Å². The van der Waals surface area contributed by atoms with E-state index < -0.39 is 17.7 Å². The highest BCUT2D eigenvalue weighted by molar-refractivity contribution is 6.43. The van der Waals surface area contributed by atoms with E-state index in [1.54, 1.807) is 24.3 Å². The summed E-state index contributed by atoms with van der Waals surface area (Å²) in [6, 6.07) is 11.5. The van der Waals surface area contributed by atoms with Crippen LogP contribution in [-0.2, 0) is 32.0 Å². The number of hydrogen-bond donors (Lipinski definition) is 0. The Kier molecular flexibility index (Phi) is 8.97. The lowest BCUT2D eigenvalue weighted by atomic mass is 10.0. The normalized spacial score (nSPS) is 12.1. The van der Waals surface area contributed by atoms with E-state index in [0.29, 0.717) is 11.1 Å². The number of benzene rings is 2. The average Bonchev–Trinajstić information content (AvgIpc) is 2.71. The third-order valence-electron chi connectivity index (χ3n) is 3.86. The van der Waals surface area contributed by atoms with E-state index in [-0.39, 0.29) is 28.3 Å². The maximum absolute atomic E-state index is 12.9. The van der Waals surface area contributed by atoms with Crippen molar-refractivity contribution in [2.75, 3.05) is 14.2 Å². The van der Waals surface area contributed by atoms with Crippen LogP contribution in [0.1, 0.15) is 29.2 Å². The second-order valence-corrected chi connectivity index (χ2v) is 5.80. The van der Waals surface area contributed by atoms with Gasteiger partial charge in [-0.2, -0.15) is 13.2 Å². The molecule has 0 N–H and O–H groups in total. The van der Waals surface area contributed by atoms with Gasteiger partial charge in [-0.1, -0.05) is 46.7 Å². The van der Waals surface area contributed by atoms with Gasteiger partial charge in [-0.05, 0) is 24.6 Å². The zero-order valence-electron chi connectivity index (χ0n) is 16.4. The number of hydrogen-bond acceptors (Lipinski definition) is 6. The lowest BCUT2D eigenvalue weighted by Gasteiger charge is -2.10. The maximum Gasteiger partial charge on any atom is 0.416 e. The van der Waals surface area contributed by atoms with Crippen LogP contribution in [-0.4, -0.2) is 31.6 Å². The molecule has 0 fully saturated rings. The molecule has 10 heteroatoms. The van der Waals surface area contributed by atoms with Crippen molar-refractivity contribution in [3.63, 3.8) is 0 Å². The van der Waals surface area contributed by atoms with Crippen molar-refractivity contribution in [2.24, 2.45) is 10.3 Å². The molecular formula is C20H20F4N2O4. The topological polar surface area (TPSA) is 69.5 Å². The van der Waals surface area contributed by atoms with Crippen molar-refractivity contribution < 1.29 is 37.1 Å². The van der Waals surface area contributed by atoms with Gasteiger partial charge >= 0.3 is 12.1 Å². The zero-order chi connectivity index (χ0) is 21.4. The largest absolute Gasteiger partial charge is 0.464 e. The molecule has 0 saturated carbocycles. The monoisotopic (exact) mass is 428 g/mol. The molecule has 2 aromatic rings. The van der Waals surface area contributed by atoms with E-state index >= 15 is 0 Å². The van der Waals surface area contributed by atoms with Crippen LogP contribution in [0, 0.1) is 0 Å². The van der Waals surface area contributed by atoms with Gasteiger partial charge in [0, 0.05) is 11.1 Å². The van der Waals surface area contributed by atoms with Crippen molar-refractivity contribution in [2.45, 2.75) is 19.7 Å². The van der Waals surface area contributed by atoms with E-state index in [2.05, 4.69) is 10.3 Å². The standard InChI is InChI=1S/C20H19F3N2O4.FH/c1-13(14-8-6-9-16(11-14)20(21,22)23)24-29-12-15-7-4-5-10-17(15)18(25-28-3)19(26)27-2;/h4-11H,12H2,1-3H3;1H/b24-13+,25-18+;. The molecule has 0 saturated heterocycles. The van der Waals surface area contributed by atoms with Gasteiger partial charge in [-0.25, -0.2) is 4.79 Å². The van der Waals surface area contributed by atoms with Gasteiger partial charge < -0.3 is 14.4 Å². The first-order valence-electron chi connectivity index (χ1n) is 8.39. The molecule has 0 radical (unpaired) electrons. The van der Waals surface area contributed by atoms with Gasteiger partial charge in [0.05, 0.1) is 18.4 Å². The Morgan fingerprint density at radius 1 is 1.03 bits per heavy atom. The second kappa shape index (κ2) is 10.9. The number of carbonyl (C=O) groups is 1. The van der Waals surface area contributed by atoms with E-state index in [0.717, 1.165) is 12.1 Å². The summed E-state index contributed by atoms with van der Waals surface area (Å²) in [5.74, 6) is -0.692. The summed E-state index contributed by atoms with van der Waals surface area (Å²) < 4.78 is 43.3. The number of nitrogens with zero attached hydrogens (tertiary/aromatic N) is 2. The fourth-order valence-corrected chi connectivity index (χ4v) is 2.43. The summed E-state index contributed by atoms with van der Waals surface area (Å²) >= 11 is 0. The Morgan fingerprint density at radius 3 is 2.37 bits per heavy atom. The highest BCUT2D eigenvalue weighted by Gasteiger charge is 2.30. The number of alkyl halides is 3. The average molecular weight is 428 g/mol. The van der Waals surface area contributed by atoms with Crippen molar-refractivity contribution in [3.8, 4) is 0 Å². The van der Waals surface area contributed by atoms with Crippen LogP contribution < -0.4 is 0 Å². The number of carbonyl (C=O) groups excluding carboxylic acids is 1. The molecule has 0 bridgehead atoms. The van der Waals surface area contributed by atoms with Crippen molar-refractivity contribution >= 4 is 17.4 Å². The molecule has 0 atom stereocenters. The smallest absolute Gasteiger partial charge is 0.416 e. The maximum atomic E-state index is 12.9. The highest BCUT2D eigenvalue weighted by atomic mass is 19.4. The number of methoxy groups -OCH3 is 1. The van der Waals surface area contributed by atoms with Crippen LogP contribution in [0.2, 0.25) is 0 Å². The minimum atomic E-state index is -4.44. The first-order valence-corrected chi connectivity index (χ1v) is 8.39. The molecule has 0 aliphatic rings. The number of oxime groups is 2. The third-order valence-corrected chi connectivity index (χ3v) is 3.86. The van der Waals surface area contributed by atoms with E-state index in [4.69, 9.17) is 14.4 Å². The molecule has 0 aliphatic carbocycles. The number of halogens is 4. The predicted molar refractivity (Wildman–Crippen MR) is 103 cm³/mol. The zero-order valence-corrected chi connectivity index (χ0v) is 16.4. The predicted octanol–water partition coefficient (Wildman–Crippen LogP) is 4.32. The molecule has 2 rings (SSSR count). The van der Waals surface area contributed by atoms with Crippen LogP contribution in [0.25, 0.3) is 0 Å². The molecule has 0 unspecified atom stereocenters. The molecule has 0 aromatic heterocycles. The van der Waals surface area contributed by atoms with Crippen molar-refractivity contribution in [1.29, 1.82) is 0 Å². The molecule has 2 aromatic carbocycles. The number of esters is 1. The quantitative estimate of drug-likeness (QED) is 0.285. The summed E-state index contributed by atoms with van der Waals surface area (Å²) in [4.78, 5) is 21.9. The first-order chi connectivity index (χ1) is 13.8. The van der Waals surface area contributed by atoms with Crippen LogP contribution in [0.3, 0.4) is 0 Å². The van der Waals surface area contributed by atoms with Gasteiger partial charge in [-0.15, -0.1) is 0 Å². The Labute approximate surface area is 170 Å². The summed E-state index contributed by atoms with van der Waals surface area (Å²) in [6.07, 6.45) is -4.44.